The van der Waals surface area contributed by atoms with E-state index < -0.39 is 9.84 Å². The second kappa shape index (κ2) is 7.37. The van der Waals surface area contributed by atoms with Gasteiger partial charge < -0.3 is 9.47 Å². The van der Waals surface area contributed by atoms with E-state index in [1.165, 1.54) is 30.3 Å². The molecule has 0 aliphatic carbocycles. The van der Waals surface area contributed by atoms with Crippen molar-refractivity contribution < 1.29 is 12.9 Å². The van der Waals surface area contributed by atoms with Crippen LogP contribution >= 0.6 is 0 Å². The van der Waals surface area contributed by atoms with Gasteiger partial charge in [0.25, 0.3) is 0 Å². The second-order valence-electron chi connectivity index (χ2n) is 8.58. The van der Waals surface area contributed by atoms with E-state index in [0.717, 1.165) is 22.0 Å². The number of nitrogens with zero attached hydrogens (tertiary/aromatic N) is 1. The molecule has 0 radical (unpaired) electrons. The number of sulfone groups is 1. The molecular formula is C23H29N2O2S+. The third-order valence-corrected chi connectivity index (χ3v) is 8.04. The standard InChI is InChI=1S/C23H29N2O2S/c1-25(2)13-6-7-20(25)16-19-17-24-23-11-10-18(15-22(19)23)12-14-28(26,27)21-8-4-3-5-9-21/h3-5,8-11,15,17,20,24H,6-7,12-14,16H2,1-2H3/q+1. The first-order valence-corrected chi connectivity index (χ1v) is 11.7. The van der Waals surface area contributed by atoms with Gasteiger partial charge in [-0.1, -0.05) is 24.3 Å². The van der Waals surface area contributed by atoms with Crippen LogP contribution in [0.5, 0.6) is 0 Å². The van der Waals surface area contributed by atoms with Crippen molar-refractivity contribution in [1.82, 2.24) is 4.98 Å². The van der Waals surface area contributed by atoms with Crippen molar-refractivity contribution in [1.29, 1.82) is 0 Å². The number of rotatable bonds is 6. The molecular weight excluding hydrogens is 368 g/mol. The van der Waals surface area contributed by atoms with Gasteiger partial charge in [0, 0.05) is 36.4 Å². The van der Waals surface area contributed by atoms with E-state index in [1.54, 1.807) is 24.3 Å². The van der Waals surface area contributed by atoms with Crippen LogP contribution in [0.15, 0.2) is 59.6 Å². The van der Waals surface area contributed by atoms with Crippen LogP contribution < -0.4 is 0 Å². The minimum absolute atomic E-state index is 0.134. The van der Waals surface area contributed by atoms with Gasteiger partial charge in [-0.3, -0.25) is 0 Å². The summed E-state index contributed by atoms with van der Waals surface area (Å²) in [4.78, 5) is 3.79. The highest BCUT2D eigenvalue weighted by molar-refractivity contribution is 7.91. The predicted octanol–water partition coefficient (Wildman–Crippen LogP) is 3.97. The van der Waals surface area contributed by atoms with Crippen molar-refractivity contribution in [2.75, 3.05) is 26.4 Å². The molecule has 1 aliphatic heterocycles. The Kier molecular flexibility index (Phi) is 5.06. The Morgan fingerprint density at radius 1 is 1.11 bits per heavy atom. The first-order valence-electron chi connectivity index (χ1n) is 10.0. The van der Waals surface area contributed by atoms with Crippen molar-refractivity contribution in [2.45, 2.75) is 36.6 Å². The number of benzene rings is 2. The molecule has 1 N–H and O–H groups in total. The zero-order chi connectivity index (χ0) is 19.8. The maximum Gasteiger partial charge on any atom is 0.178 e. The third-order valence-electron chi connectivity index (χ3n) is 6.31. The van der Waals surface area contributed by atoms with Gasteiger partial charge in [-0.2, -0.15) is 0 Å². The molecule has 1 aromatic heterocycles. The molecule has 0 saturated carbocycles. The summed E-state index contributed by atoms with van der Waals surface area (Å²) in [5, 5.41) is 1.24. The molecule has 5 heteroatoms. The average molecular weight is 398 g/mol. The summed E-state index contributed by atoms with van der Waals surface area (Å²) in [6.45, 7) is 1.25. The van der Waals surface area contributed by atoms with Gasteiger partial charge in [0.15, 0.2) is 9.84 Å². The molecule has 2 aromatic carbocycles. The Hall–Kier alpha value is -2.11. The first-order chi connectivity index (χ1) is 13.4. The monoisotopic (exact) mass is 397 g/mol. The number of aryl methyl sites for hydroxylation is 1. The van der Waals surface area contributed by atoms with E-state index in [1.807, 2.05) is 12.1 Å². The number of likely N-dealkylation sites (tertiary alicyclic amines) is 1. The molecule has 4 rings (SSSR count). The quantitative estimate of drug-likeness (QED) is 0.640. The lowest BCUT2D eigenvalue weighted by molar-refractivity contribution is -0.901. The molecule has 3 aromatic rings. The van der Waals surface area contributed by atoms with Gasteiger partial charge in [-0.25, -0.2) is 8.42 Å². The van der Waals surface area contributed by atoms with Crippen LogP contribution in [-0.2, 0) is 22.7 Å². The number of hydrogen-bond donors (Lipinski definition) is 1. The van der Waals surface area contributed by atoms with Crippen LogP contribution in [-0.4, -0.2) is 50.3 Å². The number of nitrogens with one attached hydrogen (secondary N) is 1. The highest BCUT2D eigenvalue weighted by atomic mass is 32.2. The fourth-order valence-electron chi connectivity index (χ4n) is 4.42. The normalized spacial score (nSPS) is 19.3. The fourth-order valence-corrected chi connectivity index (χ4v) is 5.73. The molecule has 4 nitrogen and oxygen atoms in total. The van der Waals surface area contributed by atoms with Gasteiger partial charge in [0.1, 0.15) is 0 Å². The molecule has 148 valence electrons. The predicted molar refractivity (Wildman–Crippen MR) is 114 cm³/mol. The largest absolute Gasteiger partial charge is 0.361 e. The zero-order valence-electron chi connectivity index (χ0n) is 16.7. The van der Waals surface area contributed by atoms with E-state index in [9.17, 15) is 8.42 Å². The van der Waals surface area contributed by atoms with Crippen molar-refractivity contribution >= 4 is 20.7 Å². The number of likely N-dealkylation sites (N-methyl/N-ethyl adjacent to an activating group) is 1. The van der Waals surface area contributed by atoms with Gasteiger partial charge in [-0.15, -0.1) is 0 Å². The highest BCUT2D eigenvalue weighted by Crippen LogP contribution is 2.29. The molecule has 2 heterocycles. The summed E-state index contributed by atoms with van der Waals surface area (Å²) in [6.07, 6.45) is 6.30. The topological polar surface area (TPSA) is 49.9 Å². The number of H-pyrrole nitrogens is 1. The lowest BCUT2D eigenvalue weighted by Crippen LogP contribution is -2.44. The van der Waals surface area contributed by atoms with Crippen LogP contribution in [0.1, 0.15) is 24.0 Å². The van der Waals surface area contributed by atoms with Crippen LogP contribution in [0.25, 0.3) is 10.9 Å². The number of aromatic amines is 1. The van der Waals surface area contributed by atoms with E-state index in [2.05, 4.69) is 37.4 Å². The van der Waals surface area contributed by atoms with Crippen LogP contribution in [0.3, 0.4) is 0 Å². The summed E-state index contributed by atoms with van der Waals surface area (Å²) in [7, 11) is 1.40. The van der Waals surface area contributed by atoms with Gasteiger partial charge >= 0.3 is 0 Å². The van der Waals surface area contributed by atoms with E-state index in [0.29, 0.717) is 17.4 Å². The third kappa shape index (κ3) is 3.87. The Morgan fingerprint density at radius 3 is 2.61 bits per heavy atom. The van der Waals surface area contributed by atoms with Crippen molar-refractivity contribution in [3.8, 4) is 0 Å². The number of hydrogen-bond acceptors (Lipinski definition) is 2. The fraction of sp³-hybridized carbons (Fsp3) is 0.391. The van der Waals surface area contributed by atoms with E-state index >= 15 is 0 Å². The van der Waals surface area contributed by atoms with Crippen LogP contribution in [0, 0.1) is 0 Å². The molecule has 1 fully saturated rings. The molecule has 28 heavy (non-hydrogen) atoms. The molecule has 1 atom stereocenters. The summed E-state index contributed by atoms with van der Waals surface area (Å²) in [5.74, 6) is 0.134. The van der Waals surface area contributed by atoms with Crippen LogP contribution in [0.4, 0.5) is 0 Å². The minimum Gasteiger partial charge on any atom is -0.361 e. The molecule has 1 saturated heterocycles. The zero-order valence-corrected chi connectivity index (χ0v) is 17.5. The maximum absolute atomic E-state index is 12.6. The maximum atomic E-state index is 12.6. The van der Waals surface area contributed by atoms with Crippen LogP contribution in [0.2, 0.25) is 0 Å². The average Bonchev–Trinajstić information content (AvgIpc) is 3.24. The summed E-state index contributed by atoms with van der Waals surface area (Å²) in [6, 6.07) is 15.7. The molecule has 1 aliphatic rings. The van der Waals surface area contributed by atoms with E-state index in [4.69, 9.17) is 0 Å². The van der Waals surface area contributed by atoms with Crippen molar-refractivity contribution in [3.63, 3.8) is 0 Å². The van der Waals surface area contributed by atoms with E-state index in [-0.39, 0.29) is 5.75 Å². The molecule has 0 amide bonds. The van der Waals surface area contributed by atoms with Crippen molar-refractivity contribution in [3.05, 3.63) is 65.9 Å². The van der Waals surface area contributed by atoms with Crippen molar-refractivity contribution in [2.24, 2.45) is 0 Å². The summed E-state index contributed by atoms with van der Waals surface area (Å²) < 4.78 is 26.2. The number of fused-ring (bicyclic) bond motifs is 1. The first kappa shape index (κ1) is 19.2. The van der Waals surface area contributed by atoms with Gasteiger partial charge in [-0.05, 0) is 41.8 Å². The molecule has 0 bridgehead atoms. The number of aromatic nitrogens is 1. The Balaban J connectivity index is 1.53. The Morgan fingerprint density at radius 2 is 1.89 bits per heavy atom. The smallest absolute Gasteiger partial charge is 0.178 e. The number of quaternary nitrogens is 1. The summed E-state index contributed by atoms with van der Waals surface area (Å²) >= 11 is 0. The highest BCUT2D eigenvalue weighted by Gasteiger charge is 2.34. The minimum atomic E-state index is -3.25. The molecule has 0 spiro atoms. The van der Waals surface area contributed by atoms with Gasteiger partial charge in [0.2, 0.25) is 0 Å². The van der Waals surface area contributed by atoms with Gasteiger partial charge in [0.05, 0.1) is 37.3 Å². The summed E-state index contributed by atoms with van der Waals surface area (Å²) in [5.41, 5.74) is 3.56. The SMILES string of the molecule is C[N+]1(C)CCCC1Cc1c[nH]c2ccc(CCS(=O)(=O)c3ccccc3)cc12. The lowest BCUT2D eigenvalue weighted by Gasteiger charge is -2.31. The lowest BCUT2D eigenvalue weighted by atomic mass is 10.0. The second-order valence-corrected chi connectivity index (χ2v) is 10.7. The Bertz CT molecular complexity index is 1070. The molecule has 1 unspecified atom stereocenters. The Labute approximate surface area is 167 Å².